The van der Waals surface area contributed by atoms with Crippen molar-refractivity contribution >= 4 is 11.8 Å². The average Bonchev–Trinajstić information content (AvgIpc) is 3.18. The highest BCUT2D eigenvalue weighted by atomic mass is 16.5. The van der Waals surface area contributed by atoms with E-state index in [9.17, 15) is 9.59 Å². The zero-order valence-electron chi connectivity index (χ0n) is 13.9. The predicted octanol–water partition coefficient (Wildman–Crippen LogP) is 1.59. The van der Waals surface area contributed by atoms with E-state index in [0.29, 0.717) is 35.3 Å². The molecule has 1 aromatic heterocycles. The molecule has 2 amide bonds. The molecule has 1 saturated heterocycles. The van der Waals surface area contributed by atoms with E-state index in [4.69, 9.17) is 4.52 Å². The summed E-state index contributed by atoms with van der Waals surface area (Å²) in [6, 6.07) is 7.27. The number of hydrogen-bond acceptors (Lipinski definition) is 6. The van der Waals surface area contributed by atoms with Gasteiger partial charge in [-0.05, 0) is 31.5 Å². The van der Waals surface area contributed by atoms with Crippen molar-refractivity contribution in [1.29, 1.82) is 0 Å². The SMILES string of the molecule is O=C1c2ccccc2C(=O)N1CCc1noc(CC2CCCCN2)n1. The number of piperidine rings is 1. The van der Waals surface area contributed by atoms with Crippen LogP contribution in [-0.4, -0.2) is 46.0 Å². The second kappa shape index (κ2) is 6.76. The minimum Gasteiger partial charge on any atom is -0.339 e. The van der Waals surface area contributed by atoms with Crippen LogP contribution < -0.4 is 5.32 Å². The molecule has 4 rings (SSSR count). The molecule has 3 heterocycles. The Kier molecular flexibility index (Phi) is 4.31. The number of nitrogens with one attached hydrogen (secondary N) is 1. The van der Waals surface area contributed by atoms with Crippen molar-refractivity contribution in [1.82, 2.24) is 20.4 Å². The van der Waals surface area contributed by atoms with Crippen molar-refractivity contribution in [2.75, 3.05) is 13.1 Å². The Balaban J connectivity index is 1.36. The third-order valence-electron chi connectivity index (χ3n) is 4.78. The van der Waals surface area contributed by atoms with Crippen LogP contribution in [-0.2, 0) is 12.8 Å². The Bertz CT molecular complexity index is 760. The molecule has 1 atom stereocenters. The van der Waals surface area contributed by atoms with E-state index < -0.39 is 0 Å². The molecule has 1 unspecified atom stereocenters. The van der Waals surface area contributed by atoms with Crippen LogP contribution in [0.15, 0.2) is 28.8 Å². The number of benzene rings is 1. The molecule has 1 fully saturated rings. The zero-order chi connectivity index (χ0) is 17.2. The predicted molar refractivity (Wildman–Crippen MR) is 89.2 cm³/mol. The highest BCUT2D eigenvalue weighted by Gasteiger charge is 2.34. The Morgan fingerprint density at radius 1 is 1.16 bits per heavy atom. The first-order valence-electron chi connectivity index (χ1n) is 8.72. The summed E-state index contributed by atoms with van der Waals surface area (Å²) in [5, 5.41) is 7.43. The molecule has 1 N–H and O–H groups in total. The highest BCUT2D eigenvalue weighted by Crippen LogP contribution is 2.22. The van der Waals surface area contributed by atoms with Crippen LogP contribution in [0.5, 0.6) is 0 Å². The third-order valence-corrected chi connectivity index (χ3v) is 4.78. The molecule has 7 heteroatoms. The number of aromatic nitrogens is 2. The van der Waals surface area contributed by atoms with Gasteiger partial charge in [0.25, 0.3) is 11.8 Å². The number of hydrogen-bond donors (Lipinski definition) is 1. The molecule has 25 heavy (non-hydrogen) atoms. The van der Waals surface area contributed by atoms with Gasteiger partial charge in [-0.25, -0.2) is 0 Å². The van der Waals surface area contributed by atoms with Gasteiger partial charge in [0.15, 0.2) is 5.82 Å². The molecule has 0 spiro atoms. The van der Waals surface area contributed by atoms with Gasteiger partial charge >= 0.3 is 0 Å². The summed E-state index contributed by atoms with van der Waals surface area (Å²) in [6.07, 6.45) is 4.67. The lowest BCUT2D eigenvalue weighted by Gasteiger charge is -2.21. The fourth-order valence-electron chi connectivity index (χ4n) is 3.44. The van der Waals surface area contributed by atoms with Crippen molar-refractivity contribution in [2.45, 2.75) is 38.1 Å². The first kappa shape index (κ1) is 16.0. The van der Waals surface area contributed by atoms with Crippen LogP contribution in [0.4, 0.5) is 0 Å². The van der Waals surface area contributed by atoms with Gasteiger partial charge in [0.2, 0.25) is 5.89 Å². The molecule has 2 aliphatic rings. The molecule has 1 aromatic carbocycles. The molecule has 0 saturated carbocycles. The van der Waals surface area contributed by atoms with Crippen molar-refractivity contribution in [3.63, 3.8) is 0 Å². The van der Waals surface area contributed by atoms with Crippen LogP contribution in [0.3, 0.4) is 0 Å². The quantitative estimate of drug-likeness (QED) is 0.832. The molecular weight excluding hydrogens is 320 g/mol. The van der Waals surface area contributed by atoms with E-state index >= 15 is 0 Å². The number of rotatable bonds is 5. The fourth-order valence-corrected chi connectivity index (χ4v) is 3.44. The van der Waals surface area contributed by atoms with Gasteiger partial charge < -0.3 is 9.84 Å². The van der Waals surface area contributed by atoms with E-state index in [1.54, 1.807) is 24.3 Å². The number of carbonyl (C=O) groups excluding carboxylic acids is 2. The second-order valence-electron chi connectivity index (χ2n) is 6.51. The maximum absolute atomic E-state index is 12.3. The van der Waals surface area contributed by atoms with Gasteiger partial charge in [0.1, 0.15) is 0 Å². The molecule has 2 aliphatic heterocycles. The van der Waals surface area contributed by atoms with Gasteiger partial charge in [-0.3, -0.25) is 14.5 Å². The van der Waals surface area contributed by atoms with Gasteiger partial charge in [-0.1, -0.05) is 23.7 Å². The first-order valence-corrected chi connectivity index (χ1v) is 8.72. The topological polar surface area (TPSA) is 88.3 Å². The van der Waals surface area contributed by atoms with Crippen molar-refractivity contribution in [3.05, 3.63) is 47.1 Å². The van der Waals surface area contributed by atoms with E-state index in [1.165, 1.54) is 17.7 Å². The number of amides is 2. The highest BCUT2D eigenvalue weighted by molar-refractivity contribution is 6.21. The molecule has 0 aliphatic carbocycles. The summed E-state index contributed by atoms with van der Waals surface area (Å²) in [7, 11) is 0. The molecule has 7 nitrogen and oxygen atoms in total. The van der Waals surface area contributed by atoms with Gasteiger partial charge in [0.05, 0.1) is 11.1 Å². The third kappa shape index (κ3) is 3.19. The van der Waals surface area contributed by atoms with Crippen molar-refractivity contribution in [3.8, 4) is 0 Å². The summed E-state index contributed by atoms with van der Waals surface area (Å²) in [5.41, 5.74) is 0.925. The standard InChI is InChI=1S/C18H20N4O3/c23-17-13-6-1-2-7-14(13)18(24)22(17)10-8-15-20-16(25-21-15)11-12-5-3-4-9-19-12/h1-2,6-7,12,19H,3-5,8-11H2. The van der Waals surface area contributed by atoms with Crippen LogP contribution in [0.2, 0.25) is 0 Å². The number of imide groups is 1. The first-order chi connectivity index (χ1) is 12.2. The number of nitrogens with zero attached hydrogens (tertiary/aromatic N) is 3. The Hall–Kier alpha value is -2.54. The molecule has 2 aromatic rings. The van der Waals surface area contributed by atoms with Crippen LogP contribution >= 0.6 is 0 Å². The smallest absolute Gasteiger partial charge is 0.261 e. The average molecular weight is 340 g/mol. The summed E-state index contributed by atoms with van der Waals surface area (Å²) in [6.45, 7) is 1.29. The fraction of sp³-hybridized carbons (Fsp3) is 0.444. The van der Waals surface area contributed by atoms with Gasteiger partial charge in [0, 0.05) is 25.4 Å². The lowest BCUT2D eigenvalue weighted by molar-refractivity contribution is 0.0655. The molecule has 130 valence electrons. The summed E-state index contributed by atoms with van der Waals surface area (Å²) in [5.74, 6) is 0.630. The largest absolute Gasteiger partial charge is 0.339 e. The van der Waals surface area contributed by atoms with E-state index in [0.717, 1.165) is 19.4 Å². The van der Waals surface area contributed by atoms with E-state index in [-0.39, 0.29) is 18.4 Å². The van der Waals surface area contributed by atoms with Gasteiger partial charge in [-0.15, -0.1) is 0 Å². The van der Waals surface area contributed by atoms with E-state index in [1.807, 2.05) is 0 Å². The molecular formula is C18H20N4O3. The van der Waals surface area contributed by atoms with Crippen LogP contribution in [0, 0.1) is 0 Å². The Morgan fingerprint density at radius 3 is 2.60 bits per heavy atom. The number of carbonyl (C=O) groups is 2. The lowest BCUT2D eigenvalue weighted by Crippen LogP contribution is -2.35. The van der Waals surface area contributed by atoms with E-state index in [2.05, 4.69) is 15.5 Å². The van der Waals surface area contributed by atoms with Crippen LogP contribution in [0.1, 0.15) is 51.7 Å². The minimum atomic E-state index is -0.254. The summed E-state index contributed by atoms with van der Waals surface area (Å²) < 4.78 is 5.31. The molecule has 0 bridgehead atoms. The summed E-state index contributed by atoms with van der Waals surface area (Å²) in [4.78, 5) is 30.3. The van der Waals surface area contributed by atoms with Gasteiger partial charge in [-0.2, -0.15) is 4.98 Å². The van der Waals surface area contributed by atoms with Crippen molar-refractivity contribution in [2.24, 2.45) is 0 Å². The Labute approximate surface area is 145 Å². The normalized spacial score (nSPS) is 20.2. The monoisotopic (exact) mass is 340 g/mol. The maximum atomic E-state index is 12.3. The Morgan fingerprint density at radius 2 is 1.92 bits per heavy atom. The molecule has 0 radical (unpaired) electrons. The summed E-state index contributed by atoms with van der Waals surface area (Å²) >= 11 is 0. The zero-order valence-corrected chi connectivity index (χ0v) is 13.9. The lowest BCUT2D eigenvalue weighted by atomic mass is 10.0. The van der Waals surface area contributed by atoms with Crippen molar-refractivity contribution < 1.29 is 14.1 Å². The number of fused-ring (bicyclic) bond motifs is 1. The minimum absolute atomic E-state index is 0.254. The van der Waals surface area contributed by atoms with Crippen LogP contribution in [0.25, 0.3) is 0 Å². The second-order valence-corrected chi connectivity index (χ2v) is 6.51. The maximum Gasteiger partial charge on any atom is 0.261 e.